The minimum atomic E-state index is -0.491. The summed E-state index contributed by atoms with van der Waals surface area (Å²) >= 11 is 1.28. The fourth-order valence-electron chi connectivity index (χ4n) is 3.01. The van der Waals surface area contributed by atoms with E-state index in [4.69, 9.17) is 0 Å². The number of nitrogens with zero attached hydrogens (tertiary/aromatic N) is 3. The van der Waals surface area contributed by atoms with Crippen LogP contribution in [0.2, 0.25) is 0 Å². The molecule has 0 saturated carbocycles. The minimum Gasteiger partial charge on any atom is -0.293 e. The van der Waals surface area contributed by atoms with Crippen LogP contribution >= 0.6 is 11.8 Å². The first kappa shape index (κ1) is 20.4. The molecule has 0 radical (unpaired) electrons. The molecule has 0 aliphatic heterocycles. The zero-order chi connectivity index (χ0) is 21.6. The van der Waals surface area contributed by atoms with Gasteiger partial charge in [0.15, 0.2) is 5.78 Å². The van der Waals surface area contributed by atoms with Crippen molar-refractivity contribution >= 4 is 23.2 Å². The van der Waals surface area contributed by atoms with Crippen LogP contribution in [0.3, 0.4) is 0 Å². The van der Waals surface area contributed by atoms with E-state index in [1.54, 1.807) is 0 Å². The minimum absolute atomic E-state index is 0.0394. The highest BCUT2D eigenvalue weighted by Gasteiger charge is 2.11. The van der Waals surface area contributed by atoms with Crippen molar-refractivity contribution in [2.45, 2.75) is 5.03 Å². The molecule has 0 bridgehead atoms. The Bertz CT molecular complexity index is 1190. The van der Waals surface area contributed by atoms with E-state index in [0.29, 0.717) is 10.6 Å². The predicted octanol–water partition coefficient (Wildman–Crippen LogP) is 5.69. The van der Waals surface area contributed by atoms with Crippen LogP contribution in [0.1, 0.15) is 10.4 Å². The Labute approximate surface area is 183 Å². The van der Waals surface area contributed by atoms with Gasteiger partial charge in [-0.3, -0.25) is 14.9 Å². The molecule has 31 heavy (non-hydrogen) atoms. The van der Waals surface area contributed by atoms with Crippen LogP contribution in [0.5, 0.6) is 0 Å². The van der Waals surface area contributed by atoms with E-state index < -0.39 is 4.92 Å². The van der Waals surface area contributed by atoms with Crippen molar-refractivity contribution in [2.24, 2.45) is 0 Å². The molecule has 4 aromatic rings. The molecule has 0 spiro atoms. The zero-order valence-electron chi connectivity index (χ0n) is 16.3. The Balaban J connectivity index is 1.38. The first-order valence-electron chi connectivity index (χ1n) is 9.50. The maximum Gasteiger partial charge on any atom is 0.269 e. The lowest BCUT2D eigenvalue weighted by molar-refractivity contribution is -0.384. The summed E-state index contributed by atoms with van der Waals surface area (Å²) in [5, 5.41) is 19.8. The summed E-state index contributed by atoms with van der Waals surface area (Å²) in [7, 11) is 0. The van der Waals surface area contributed by atoms with Gasteiger partial charge < -0.3 is 0 Å². The summed E-state index contributed by atoms with van der Waals surface area (Å²) in [5.41, 5.74) is 4.40. The number of thioether (sulfide) groups is 1. The Morgan fingerprint density at radius 1 is 0.774 bits per heavy atom. The van der Waals surface area contributed by atoms with Crippen molar-refractivity contribution < 1.29 is 9.72 Å². The van der Waals surface area contributed by atoms with E-state index in [0.717, 1.165) is 22.4 Å². The molecule has 0 saturated heterocycles. The lowest BCUT2D eigenvalue weighted by atomic mass is 10.0. The molecule has 4 rings (SSSR count). The average molecular weight is 427 g/mol. The van der Waals surface area contributed by atoms with E-state index in [1.165, 1.54) is 36.0 Å². The number of hydrogen-bond donors (Lipinski definition) is 0. The van der Waals surface area contributed by atoms with E-state index in [9.17, 15) is 14.9 Å². The van der Waals surface area contributed by atoms with Gasteiger partial charge in [-0.1, -0.05) is 66.4 Å². The number of aromatic nitrogens is 2. The summed E-state index contributed by atoms with van der Waals surface area (Å²) in [5.74, 6) is 0.0553. The molecule has 0 amide bonds. The predicted molar refractivity (Wildman–Crippen MR) is 121 cm³/mol. The second kappa shape index (κ2) is 9.32. The number of nitro benzene ring substituents is 1. The smallest absolute Gasteiger partial charge is 0.269 e. The second-order valence-corrected chi connectivity index (χ2v) is 7.71. The van der Waals surface area contributed by atoms with Crippen LogP contribution < -0.4 is 0 Å². The van der Waals surface area contributed by atoms with Gasteiger partial charge in [0.05, 0.1) is 16.4 Å². The van der Waals surface area contributed by atoms with Crippen molar-refractivity contribution in [1.29, 1.82) is 0 Å². The molecule has 0 N–H and O–H groups in total. The molecule has 1 heterocycles. The maximum atomic E-state index is 12.3. The maximum absolute atomic E-state index is 12.3. The number of carbonyl (C=O) groups excluding carboxylic acids is 1. The van der Waals surface area contributed by atoms with Crippen LogP contribution in [-0.4, -0.2) is 26.7 Å². The molecular weight excluding hydrogens is 410 g/mol. The fourth-order valence-corrected chi connectivity index (χ4v) is 3.72. The van der Waals surface area contributed by atoms with Gasteiger partial charge in [-0.05, 0) is 35.4 Å². The molecule has 0 aliphatic carbocycles. The van der Waals surface area contributed by atoms with Gasteiger partial charge in [-0.15, -0.1) is 10.2 Å². The summed E-state index contributed by atoms with van der Waals surface area (Å²) < 4.78 is 0. The lowest BCUT2D eigenvalue weighted by Gasteiger charge is -2.05. The van der Waals surface area contributed by atoms with E-state index in [2.05, 4.69) is 34.5 Å². The molecule has 3 aromatic carbocycles. The molecular formula is C24H17N3O3S. The van der Waals surface area contributed by atoms with E-state index >= 15 is 0 Å². The van der Waals surface area contributed by atoms with Gasteiger partial charge in [-0.25, -0.2) is 0 Å². The molecule has 0 unspecified atom stereocenters. The number of benzene rings is 3. The number of Topliss-reactive ketones (excluding diaryl/α,β-unsaturated/α-hetero) is 1. The number of carbonyl (C=O) groups is 1. The molecule has 1 aromatic heterocycles. The third-order valence-electron chi connectivity index (χ3n) is 4.68. The standard InChI is InChI=1S/C24H17N3O3S/c28-23(20-10-12-21(13-11-20)27(29)30)16-31-24-15-14-22(25-26-24)19-8-6-18(7-9-19)17-4-2-1-3-5-17/h1-15H,16H2. The third-order valence-corrected chi connectivity index (χ3v) is 5.60. The zero-order valence-corrected chi connectivity index (χ0v) is 17.2. The Morgan fingerprint density at radius 3 is 2.03 bits per heavy atom. The highest BCUT2D eigenvalue weighted by atomic mass is 32.2. The SMILES string of the molecule is O=C(CSc1ccc(-c2ccc(-c3ccccc3)cc2)nn1)c1ccc([N+](=O)[O-])cc1. The average Bonchev–Trinajstić information content (AvgIpc) is 2.83. The van der Waals surface area contributed by atoms with Crippen LogP contribution in [0.4, 0.5) is 5.69 Å². The summed E-state index contributed by atoms with van der Waals surface area (Å²) in [6.07, 6.45) is 0. The Morgan fingerprint density at radius 2 is 1.42 bits per heavy atom. The van der Waals surface area contributed by atoms with E-state index in [1.807, 2.05) is 42.5 Å². The third kappa shape index (κ3) is 5.02. The van der Waals surface area contributed by atoms with Crippen molar-refractivity contribution in [1.82, 2.24) is 10.2 Å². The van der Waals surface area contributed by atoms with Crippen molar-refractivity contribution in [3.8, 4) is 22.4 Å². The van der Waals surface area contributed by atoms with Gasteiger partial charge in [0.25, 0.3) is 5.69 Å². The molecule has 152 valence electrons. The summed E-state index contributed by atoms with van der Waals surface area (Å²) in [6, 6.07) is 27.6. The Hall–Kier alpha value is -3.84. The number of nitro groups is 1. The highest BCUT2D eigenvalue weighted by molar-refractivity contribution is 7.99. The molecule has 6 nitrogen and oxygen atoms in total. The summed E-state index contributed by atoms with van der Waals surface area (Å²) in [4.78, 5) is 22.5. The Kier molecular flexibility index (Phi) is 6.14. The fraction of sp³-hybridized carbons (Fsp3) is 0.0417. The largest absolute Gasteiger partial charge is 0.293 e. The van der Waals surface area contributed by atoms with Crippen molar-refractivity contribution in [2.75, 3.05) is 5.75 Å². The first-order valence-corrected chi connectivity index (χ1v) is 10.5. The lowest BCUT2D eigenvalue weighted by Crippen LogP contribution is -2.03. The second-order valence-electron chi connectivity index (χ2n) is 6.72. The highest BCUT2D eigenvalue weighted by Crippen LogP contribution is 2.25. The number of ketones is 1. The number of rotatable bonds is 7. The quantitative estimate of drug-likeness (QED) is 0.163. The molecule has 0 aliphatic rings. The van der Waals surface area contributed by atoms with E-state index in [-0.39, 0.29) is 17.2 Å². The van der Waals surface area contributed by atoms with Gasteiger partial charge in [0.2, 0.25) is 0 Å². The van der Waals surface area contributed by atoms with Crippen LogP contribution in [0.25, 0.3) is 22.4 Å². The van der Waals surface area contributed by atoms with Crippen LogP contribution in [0.15, 0.2) is 96.0 Å². The van der Waals surface area contributed by atoms with Gasteiger partial charge in [0, 0.05) is 23.3 Å². The normalized spacial score (nSPS) is 10.6. The number of non-ortho nitro benzene ring substituents is 1. The van der Waals surface area contributed by atoms with Gasteiger partial charge in [0.1, 0.15) is 5.03 Å². The van der Waals surface area contributed by atoms with Crippen molar-refractivity contribution in [3.63, 3.8) is 0 Å². The topological polar surface area (TPSA) is 86.0 Å². The van der Waals surface area contributed by atoms with Crippen LogP contribution in [0, 0.1) is 10.1 Å². The van der Waals surface area contributed by atoms with Crippen molar-refractivity contribution in [3.05, 3.63) is 107 Å². The number of hydrogen-bond acceptors (Lipinski definition) is 6. The van der Waals surface area contributed by atoms with Crippen LogP contribution in [-0.2, 0) is 0 Å². The molecule has 0 atom stereocenters. The molecule has 0 fully saturated rings. The summed E-state index contributed by atoms with van der Waals surface area (Å²) in [6.45, 7) is 0. The monoisotopic (exact) mass is 427 g/mol. The first-order chi connectivity index (χ1) is 15.1. The van der Waals surface area contributed by atoms with Gasteiger partial charge >= 0.3 is 0 Å². The molecule has 7 heteroatoms. The van der Waals surface area contributed by atoms with Gasteiger partial charge in [-0.2, -0.15) is 0 Å².